The molecule has 3 N–H and O–H groups in total. The molecule has 1 aromatic carbocycles. The third-order valence-electron chi connectivity index (χ3n) is 3.02. The standard InChI is InChI=1S/C15H17N3O3/c1-9(2)17-13(19)8-18-7-11(14(20)15(16)21)10-5-3-4-6-12(10)18/h3-7,9H,8H2,1-2H3,(H2,16,21)(H,17,19). The predicted octanol–water partition coefficient (Wildman–Crippen LogP) is 0.834. The van der Waals surface area contributed by atoms with Gasteiger partial charge in [-0.1, -0.05) is 18.2 Å². The van der Waals surface area contributed by atoms with Crippen LogP contribution in [0, 0.1) is 0 Å². The Bertz CT molecular complexity index is 716. The molecule has 110 valence electrons. The first-order valence-electron chi connectivity index (χ1n) is 6.61. The minimum atomic E-state index is -1.01. The summed E-state index contributed by atoms with van der Waals surface area (Å²) < 4.78 is 1.64. The number of primary amides is 1. The van der Waals surface area contributed by atoms with Crippen LogP contribution in [0.4, 0.5) is 0 Å². The van der Waals surface area contributed by atoms with Crippen LogP contribution in [-0.4, -0.2) is 28.2 Å². The zero-order valence-corrected chi connectivity index (χ0v) is 11.9. The number of hydrogen-bond donors (Lipinski definition) is 2. The van der Waals surface area contributed by atoms with E-state index in [2.05, 4.69) is 5.32 Å². The summed E-state index contributed by atoms with van der Waals surface area (Å²) in [5.74, 6) is -1.93. The molecule has 2 rings (SSSR count). The van der Waals surface area contributed by atoms with Gasteiger partial charge in [-0.3, -0.25) is 14.4 Å². The van der Waals surface area contributed by atoms with Gasteiger partial charge in [0.25, 0.3) is 11.7 Å². The average Bonchev–Trinajstić information content (AvgIpc) is 2.76. The van der Waals surface area contributed by atoms with Crippen molar-refractivity contribution in [3.63, 3.8) is 0 Å². The summed E-state index contributed by atoms with van der Waals surface area (Å²) in [4.78, 5) is 34.8. The number of nitrogens with zero attached hydrogens (tertiary/aromatic N) is 1. The molecule has 21 heavy (non-hydrogen) atoms. The summed E-state index contributed by atoms with van der Waals surface area (Å²) in [6, 6.07) is 7.11. The number of hydrogen-bond acceptors (Lipinski definition) is 3. The topological polar surface area (TPSA) is 94.2 Å². The molecule has 0 bridgehead atoms. The summed E-state index contributed by atoms with van der Waals surface area (Å²) in [6.07, 6.45) is 1.50. The van der Waals surface area contributed by atoms with E-state index in [-0.39, 0.29) is 24.1 Å². The second-order valence-electron chi connectivity index (χ2n) is 5.10. The Morgan fingerprint density at radius 3 is 2.52 bits per heavy atom. The van der Waals surface area contributed by atoms with Crippen molar-refractivity contribution in [3.05, 3.63) is 36.0 Å². The number of rotatable bonds is 5. The van der Waals surface area contributed by atoms with Gasteiger partial charge in [-0.25, -0.2) is 0 Å². The smallest absolute Gasteiger partial charge is 0.289 e. The van der Waals surface area contributed by atoms with Gasteiger partial charge in [0.1, 0.15) is 6.54 Å². The van der Waals surface area contributed by atoms with Crippen LogP contribution in [0.5, 0.6) is 0 Å². The van der Waals surface area contributed by atoms with Gasteiger partial charge >= 0.3 is 0 Å². The molecule has 6 heteroatoms. The second kappa shape index (κ2) is 5.78. The molecule has 0 saturated carbocycles. The van der Waals surface area contributed by atoms with E-state index in [0.29, 0.717) is 10.9 Å². The molecule has 0 aliphatic heterocycles. The highest BCUT2D eigenvalue weighted by Gasteiger charge is 2.19. The lowest BCUT2D eigenvalue weighted by Gasteiger charge is -2.09. The van der Waals surface area contributed by atoms with E-state index in [1.807, 2.05) is 13.8 Å². The van der Waals surface area contributed by atoms with Crippen molar-refractivity contribution in [1.82, 2.24) is 9.88 Å². The van der Waals surface area contributed by atoms with Crippen molar-refractivity contribution < 1.29 is 14.4 Å². The summed E-state index contributed by atoms with van der Waals surface area (Å²) >= 11 is 0. The van der Waals surface area contributed by atoms with E-state index >= 15 is 0 Å². The molecule has 6 nitrogen and oxygen atoms in total. The lowest BCUT2D eigenvalue weighted by Crippen LogP contribution is -2.32. The van der Waals surface area contributed by atoms with Crippen molar-refractivity contribution in [2.75, 3.05) is 0 Å². The van der Waals surface area contributed by atoms with Gasteiger partial charge in [0.05, 0.1) is 5.56 Å². The Morgan fingerprint density at radius 1 is 1.24 bits per heavy atom. The molecular weight excluding hydrogens is 270 g/mol. The number of ketones is 1. The van der Waals surface area contributed by atoms with Crippen LogP contribution < -0.4 is 11.1 Å². The molecule has 1 aromatic heterocycles. The normalized spacial score (nSPS) is 10.8. The van der Waals surface area contributed by atoms with Crippen LogP contribution >= 0.6 is 0 Å². The first-order chi connectivity index (χ1) is 9.90. The van der Waals surface area contributed by atoms with E-state index in [0.717, 1.165) is 0 Å². The monoisotopic (exact) mass is 287 g/mol. The number of nitrogens with two attached hydrogens (primary N) is 1. The van der Waals surface area contributed by atoms with E-state index < -0.39 is 11.7 Å². The van der Waals surface area contributed by atoms with Gasteiger partial charge in [0, 0.05) is 23.1 Å². The van der Waals surface area contributed by atoms with Gasteiger partial charge in [-0.05, 0) is 19.9 Å². The Morgan fingerprint density at radius 2 is 1.90 bits per heavy atom. The van der Waals surface area contributed by atoms with Gasteiger partial charge < -0.3 is 15.6 Å². The van der Waals surface area contributed by atoms with Crippen molar-refractivity contribution in [3.8, 4) is 0 Å². The number of Topliss-reactive ketones (excluding diaryl/α,β-unsaturated/α-hetero) is 1. The minimum absolute atomic E-state index is 0.0334. The van der Waals surface area contributed by atoms with Crippen LogP contribution in [0.25, 0.3) is 10.9 Å². The zero-order valence-electron chi connectivity index (χ0n) is 11.9. The molecule has 0 radical (unpaired) electrons. The highest BCUT2D eigenvalue weighted by molar-refractivity contribution is 6.44. The summed E-state index contributed by atoms with van der Waals surface area (Å²) in [5, 5.41) is 3.39. The molecule has 0 aliphatic carbocycles. The molecule has 0 atom stereocenters. The predicted molar refractivity (Wildman–Crippen MR) is 78.7 cm³/mol. The van der Waals surface area contributed by atoms with Crippen LogP contribution in [0.2, 0.25) is 0 Å². The van der Waals surface area contributed by atoms with Crippen molar-refractivity contribution in [2.24, 2.45) is 5.73 Å². The molecular formula is C15H17N3O3. The summed E-state index contributed by atoms with van der Waals surface area (Å²) in [5.41, 5.74) is 5.99. The Kier molecular flexibility index (Phi) is 4.07. The third-order valence-corrected chi connectivity index (χ3v) is 3.02. The molecule has 0 unspecified atom stereocenters. The van der Waals surface area contributed by atoms with Gasteiger partial charge in [0.15, 0.2) is 0 Å². The van der Waals surface area contributed by atoms with Crippen molar-refractivity contribution >= 4 is 28.5 Å². The number of para-hydroxylation sites is 1. The molecule has 2 amide bonds. The molecule has 2 aromatic rings. The molecule has 0 aliphatic rings. The second-order valence-corrected chi connectivity index (χ2v) is 5.10. The summed E-state index contributed by atoms with van der Waals surface area (Å²) in [6.45, 7) is 3.81. The van der Waals surface area contributed by atoms with Gasteiger partial charge in [0.2, 0.25) is 5.91 Å². The Hall–Kier alpha value is -2.63. The number of amides is 2. The van der Waals surface area contributed by atoms with Crippen LogP contribution in [-0.2, 0) is 16.1 Å². The fourth-order valence-electron chi connectivity index (χ4n) is 2.21. The SMILES string of the molecule is CC(C)NC(=O)Cn1cc(C(=O)C(N)=O)c2ccccc21. The number of fused-ring (bicyclic) bond motifs is 1. The molecule has 0 spiro atoms. The highest BCUT2D eigenvalue weighted by Crippen LogP contribution is 2.21. The van der Waals surface area contributed by atoms with Crippen LogP contribution in [0.15, 0.2) is 30.5 Å². The lowest BCUT2D eigenvalue weighted by molar-refractivity contribution is -0.122. The Labute approximate surface area is 121 Å². The molecule has 1 heterocycles. The van der Waals surface area contributed by atoms with E-state index in [1.54, 1.807) is 28.8 Å². The quantitative estimate of drug-likeness (QED) is 0.630. The number of aromatic nitrogens is 1. The van der Waals surface area contributed by atoms with Gasteiger partial charge in [-0.2, -0.15) is 0 Å². The fraction of sp³-hybridized carbons (Fsp3) is 0.267. The third kappa shape index (κ3) is 3.10. The first kappa shape index (κ1) is 14.8. The maximum absolute atomic E-state index is 11.9. The van der Waals surface area contributed by atoms with Crippen LogP contribution in [0.3, 0.4) is 0 Å². The number of carbonyl (C=O) groups excluding carboxylic acids is 3. The highest BCUT2D eigenvalue weighted by atomic mass is 16.2. The molecule has 0 saturated heterocycles. The number of nitrogens with one attached hydrogen (secondary N) is 1. The van der Waals surface area contributed by atoms with Gasteiger partial charge in [-0.15, -0.1) is 0 Å². The number of benzene rings is 1. The molecule has 0 fully saturated rings. The lowest BCUT2D eigenvalue weighted by atomic mass is 10.1. The maximum atomic E-state index is 11.9. The average molecular weight is 287 g/mol. The fourth-order valence-corrected chi connectivity index (χ4v) is 2.21. The number of carbonyl (C=O) groups is 3. The minimum Gasteiger partial charge on any atom is -0.363 e. The van der Waals surface area contributed by atoms with E-state index in [9.17, 15) is 14.4 Å². The summed E-state index contributed by atoms with van der Waals surface area (Å²) in [7, 11) is 0. The van der Waals surface area contributed by atoms with E-state index in [4.69, 9.17) is 5.73 Å². The van der Waals surface area contributed by atoms with Crippen LogP contribution in [0.1, 0.15) is 24.2 Å². The Balaban J connectivity index is 2.43. The van der Waals surface area contributed by atoms with E-state index in [1.165, 1.54) is 6.20 Å². The largest absolute Gasteiger partial charge is 0.363 e. The zero-order chi connectivity index (χ0) is 15.6. The maximum Gasteiger partial charge on any atom is 0.289 e. The van der Waals surface area contributed by atoms with Crippen molar-refractivity contribution in [1.29, 1.82) is 0 Å². The first-order valence-corrected chi connectivity index (χ1v) is 6.61. The van der Waals surface area contributed by atoms with Crippen molar-refractivity contribution in [2.45, 2.75) is 26.4 Å².